The maximum atomic E-state index is 12.8. The first kappa shape index (κ1) is 15.6. The summed E-state index contributed by atoms with van der Waals surface area (Å²) in [5, 5.41) is 9.63. The summed E-state index contributed by atoms with van der Waals surface area (Å²) in [5.74, 6) is 0. The van der Waals surface area contributed by atoms with Crippen molar-refractivity contribution in [3.8, 4) is 11.1 Å². The molecule has 1 unspecified atom stereocenters. The van der Waals surface area contributed by atoms with E-state index in [-0.39, 0.29) is 5.56 Å². The average molecular weight is 294 g/mol. The molecule has 2 rings (SSSR count). The second-order valence-electron chi connectivity index (χ2n) is 5.20. The molecule has 2 aromatic carbocycles. The number of rotatable bonds is 3. The van der Waals surface area contributed by atoms with Gasteiger partial charge in [0.2, 0.25) is 0 Å². The number of benzene rings is 2. The van der Waals surface area contributed by atoms with Gasteiger partial charge in [-0.3, -0.25) is 0 Å². The summed E-state index contributed by atoms with van der Waals surface area (Å²) >= 11 is 0. The number of aliphatic hydroxyl groups is 1. The SMILES string of the molecule is CCc1ccc(-c2ccc(C(C)(O)C(F)(F)F)cc2)cc1. The number of aryl methyl sites for hydroxylation is 1. The molecular weight excluding hydrogens is 277 g/mol. The van der Waals surface area contributed by atoms with Crippen molar-refractivity contribution in [2.45, 2.75) is 32.0 Å². The van der Waals surface area contributed by atoms with Crippen LogP contribution in [-0.4, -0.2) is 11.3 Å². The van der Waals surface area contributed by atoms with Crippen molar-refractivity contribution in [1.82, 2.24) is 0 Å². The Kier molecular flexibility index (Phi) is 4.10. The minimum Gasteiger partial charge on any atom is -0.376 e. The van der Waals surface area contributed by atoms with E-state index in [1.54, 1.807) is 12.1 Å². The normalized spacial score (nSPS) is 14.8. The molecule has 0 bridgehead atoms. The van der Waals surface area contributed by atoms with Gasteiger partial charge in [0.15, 0.2) is 5.60 Å². The molecule has 1 nitrogen and oxygen atoms in total. The van der Waals surface area contributed by atoms with Crippen LogP contribution in [0.1, 0.15) is 25.0 Å². The Morgan fingerprint density at radius 3 is 1.67 bits per heavy atom. The van der Waals surface area contributed by atoms with Gasteiger partial charge >= 0.3 is 6.18 Å². The van der Waals surface area contributed by atoms with Crippen LogP contribution in [0.25, 0.3) is 11.1 Å². The molecule has 0 aliphatic heterocycles. The maximum absolute atomic E-state index is 12.8. The number of hydrogen-bond donors (Lipinski definition) is 1. The first-order valence-electron chi connectivity index (χ1n) is 6.74. The van der Waals surface area contributed by atoms with Crippen molar-refractivity contribution in [2.75, 3.05) is 0 Å². The van der Waals surface area contributed by atoms with E-state index in [9.17, 15) is 18.3 Å². The summed E-state index contributed by atoms with van der Waals surface area (Å²) in [6.07, 6.45) is -3.76. The summed E-state index contributed by atoms with van der Waals surface area (Å²) in [6, 6.07) is 13.7. The van der Waals surface area contributed by atoms with Crippen molar-refractivity contribution in [1.29, 1.82) is 0 Å². The highest BCUT2D eigenvalue weighted by Gasteiger charge is 2.51. The van der Waals surface area contributed by atoms with Gasteiger partial charge in [0.05, 0.1) is 0 Å². The van der Waals surface area contributed by atoms with Gasteiger partial charge in [-0.25, -0.2) is 0 Å². The first-order valence-corrected chi connectivity index (χ1v) is 6.74. The van der Waals surface area contributed by atoms with Crippen LogP contribution in [0.15, 0.2) is 48.5 Å². The lowest BCUT2D eigenvalue weighted by Gasteiger charge is -2.26. The Balaban J connectivity index is 2.30. The zero-order chi connectivity index (χ0) is 15.7. The summed E-state index contributed by atoms with van der Waals surface area (Å²) in [5.41, 5.74) is -0.0403. The third-order valence-corrected chi connectivity index (χ3v) is 3.69. The quantitative estimate of drug-likeness (QED) is 0.871. The smallest absolute Gasteiger partial charge is 0.376 e. The number of halogens is 3. The van der Waals surface area contributed by atoms with Gasteiger partial charge in [-0.1, -0.05) is 55.5 Å². The van der Waals surface area contributed by atoms with E-state index in [1.165, 1.54) is 17.7 Å². The Labute approximate surface area is 122 Å². The van der Waals surface area contributed by atoms with E-state index in [2.05, 4.69) is 6.92 Å². The van der Waals surface area contributed by atoms with Gasteiger partial charge in [-0.15, -0.1) is 0 Å². The van der Waals surface area contributed by atoms with E-state index >= 15 is 0 Å². The van der Waals surface area contributed by atoms with Crippen molar-refractivity contribution >= 4 is 0 Å². The molecule has 1 atom stereocenters. The molecule has 0 aliphatic carbocycles. The molecule has 112 valence electrons. The molecule has 1 N–H and O–H groups in total. The van der Waals surface area contributed by atoms with Crippen LogP contribution in [0.3, 0.4) is 0 Å². The van der Waals surface area contributed by atoms with E-state index in [0.29, 0.717) is 0 Å². The van der Waals surface area contributed by atoms with Crippen LogP contribution in [0, 0.1) is 0 Å². The Hall–Kier alpha value is -1.81. The molecule has 21 heavy (non-hydrogen) atoms. The predicted octanol–water partition coefficient (Wildman–Crippen LogP) is 4.69. The van der Waals surface area contributed by atoms with E-state index in [1.807, 2.05) is 24.3 Å². The van der Waals surface area contributed by atoms with Crippen LogP contribution in [0.5, 0.6) is 0 Å². The molecule has 0 saturated heterocycles. The van der Waals surface area contributed by atoms with E-state index in [0.717, 1.165) is 24.5 Å². The lowest BCUT2D eigenvalue weighted by molar-refractivity contribution is -0.258. The minimum absolute atomic E-state index is 0.163. The third-order valence-electron chi connectivity index (χ3n) is 3.69. The first-order chi connectivity index (χ1) is 9.75. The fourth-order valence-corrected chi connectivity index (χ4v) is 2.08. The monoisotopic (exact) mass is 294 g/mol. The van der Waals surface area contributed by atoms with Crippen molar-refractivity contribution < 1.29 is 18.3 Å². The highest BCUT2D eigenvalue weighted by molar-refractivity contribution is 5.64. The highest BCUT2D eigenvalue weighted by atomic mass is 19.4. The lowest BCUT2D eigenvalue weighted by atomic mass is 9.93. The number of hydrogen-bond acceptors (Lipinski definition) is 1. The maximum Gasteiger partial charge on any atom is 0.421 e. The minimum atomic E-state index is -4.70. The summed E-state index contributed by atoms with van der Waals surface area (Å²) in [6.45, 7) is 2.82. The molecule has 4 heteroatoms. The van der Waals surface area contributed by atoms with Gasteiger partial charge in [-0.2, -0.15) is 13.2 Å². The summed E-state index contributed by atoms with van der Waals surface area (Å²) in [4.78, 5) is 0. The van der Waals surface area contributed by atoms with Gasteiger partial charge in [-0.05, 0) is 35.6 Å². The van der Waals surface area contributed by atoms with Crippen LogP contribution >= 0.6 is 0 Å². The Morgan fingerprint density at radius 1 is 0.857 bits per heavy atom. The van der Waals surface area contributed by atoms with Gasteiger partial charge < -0.3 is 5.11 Å². The van der Waals surface area contributed by atoms with Crippen LogP contribution < -0.4 is 0 Å². The fraction of sp³-hybridized carbons (Fsp3) is 0.294. The average Bonchev–Trinajstić information content (AvgIpc) is 2.46. The Morgan fingerprint density at radius 2 is 1.29 bits per heavy atom. The molecule has 2 aromatic rings. The molecule has 0 aliphatic rings. The third kappa shape index (κ3) is 3.10. The summed E-state index contributed by atoms with van der Waals surface area (Å²) in [7, 11) is 0. The van der Waals surface area contributed by atoms with Gasteiger partial charge in [0.25, 0.3) is 0 Å². The Bertz CT molecular complexity index is 595. The van der Waals surface area contributed by atoms with Crippen LogP contribution in [-0.2, 0) is 12.0 Å². The molecule has 0 heterocycles. The molecule has 0 radical (unpaired) electrons. The molecule has 0 spiro atoms. The van der Waals surface area contributed by atoms with Gasteiger partial charge in [0.1, 0.15) is 0 Å². The number of alkyl halides is 3. The standard InChI is InChI=1S/C17H17F3O/c1-3-12-4-6-13(7-5-12)14-8-10-15(11-9-14)16(2,21)17(18,19)20/h4-11,21H,3H2,1-2H3. The van der Waals surface area contributed by atoms with Crippen molar-refractivity contribution in [2.24, 2.45) is 0 Å². The van der Waals surface area contributed by atoms with E-state index in [4.69, 9.17) is 0 Å². The van der Waals surface area contributed by atoms with E-state index < -0.39 is 11.8 Å². The molecule has 0 aromatic heterocycles. The molecule has 0 fully saturated rings. The zero-order valence-electron chi connectivity index (χ0n) is 11.9. The fourth-order valence-electron chi connectivity index (χ4n) is 2.08. The van der Waals surface area contributed by atoms with Gasteiger partial charge in [0, 0.05) is 0 Å². The lowest BCUT2D eigenvalue weighted by Crippen LogP contribution is -2.39. The van der Waals surface area contributed by atoms with Crippen molar-refractivity contribution in [3.63, 3.8) is 0 Å². The van der Waals surface area contributed by atoms with Crippen LogP contribution in [0.2, 0.25) is 0 Å². The second kappa shape index (κ2) is 5.53. The topological polar surface area (TPSA) is 20.2 Å². The van der Waals surface area contributed by atoms with Crippen LogP contribution in [0.4, 0.5) is 13.2 Å². The molecule has 0 saturated carbocycles. The van der Waals surface area contributed by atoms with Crippen molar-refractivity contribution in [3.05, 3.63) is 59.7 Å². The largest absolute Gasteiger partial charge is 0.421 e. The zero-order valence-corrected chi connectivity index (χ0v) is 11.9. The second-order valence-corrected chi connectivity index (χ2v) is 5.20. The molecule has 0 amide bonds. The highest BCUT2D eigenvalue weighted by Crippen LogP contribution is 2.38. The molecular formula is C17H17F3O. The summed E-state index contributed by atoms with van der Waals surface area (Å²) < 4.78 is 38.3. The predicted molar refractivity (Wildman–Crippen MR) is 76.9 cm³/mol.